The fraction of sp³-hybridized carbons (Fsp3) is 0.240. The largest absolute Gasteiger partial charge is 1.00 e. The Balaban J connectivity index is 0.00000193. The summed E-state index contributed by atoms with van der Waals surface area (Å²) in [6, 6.07) is 24.8. The number of nitrogens with zero attached hydrogens (tertiary/aromatic N) is 1. The smallest absolute Gasteiger partial charge is 0.190 e. The summed E-state index contributed by atoms with van der Waals surface area (Å²) in [5.74, 6) is 0.264. The van der Waals surface area contributed by atoms with Crippen LogP contribution in [-0.2, 0) is 11.8 Å². The Labute approximate surface area is 194 Å². The van der Waals surface area contributed by atoms with Crippen molar-refractivity contribution >= 4 is 22.7 Å². The van der Waals surface area contributed by atoms with E-state index in [0.29, 0.717) is 12.5 Å². The normalized spacial score (nSPS) is 23.5. The molecule has 2 aliphatic heterocycles. The van der Waals surface area contributed by atoms with E-state index in [2.05, 4.69) is 82.9 Å². The van der Waals surface area contributed by atoms with Crippen molar-refractivity contribution < 1.29 is 25.9 Å². The Bertz CT molecular complexity index is 1140. The van der Waals surface area contributed by atoms with Crippen LogP contribution in [0.25, 0.3) is 0 Å². The number of benzene rings is 1. The Hall–Kier alpha value is -1.82. The van der Waals surface area contributed by atoms with Crippen molar-refractivity contribution in [1.82, 2.24) is 0 Å². The number of aromatic nitrogens is 1. The summed E-state index contributed by atoms with van der Waals surface area (Å²) < 4.78 is 15.5. The molecule has 1 aliphatic carbocycles. The molecule has 5 heterocycles. The number of fused-ring (bicyclic) bond motifs is 1. The highest BCUT2D eigenvalue weighted by Crippen LogP contribution is 2.61. The van der Waals surface area contributed by atoms with Gasteiger partial charge in [-0.1, -0.05) is 36.4 Å². The molecular formula is C25H21BrFNS2. The van der Waals surface area contributed by atoms with E-state index in [4.69, 9.17) is 0 Å². The topological polar surface area (TPSA) is 3.88 Å². The van der Waals surface area contributed by atoms with E-state index >= 15 is 0 Å². The molecule has 0 spiro atoms. The van der Waals surface area contributed by atoms with Crippen molar-refractivity contribution in [3.8, 4) is 0 Å². The first-order chi connectivity index (χ1) is 14.3. The van der Waals surface area contributed by atoms with Crippen LogP contribution in [-0.4, -0.2) is 6.67 Å². The maximum absolute atomic E-state index is 13.0. The molecule has 0 N–H and O–H groups in total. The van der Waals surface area contributed by atoms with Crippen molar-refractivity contribution in [3.63, 3.8) is 0 Å². The van der Waals surface area contributed by atoms with Crippen LogP contribution in [0.4, 0.5) is 4.39 Å². The number of hydrogen-bond donors (Lipinski definition) is 0. The number of halogens is 2. The molecule has 0 saturated carbocycles. The highest BCUT2D eigenvalue weighted by Gasteiger charge is 2.60. The average molecular weight is 498 g/mol. The molecule has 0 fully saturated rings. The van der Waals surface area contributed by atoms with Crippen LogP contribution in [0.3, 0.4) is 0 Å². The Kier molecular flexibility index (Phi) is 5.16. The predicted octanol–water partition coefficient (Wildman–Crippen LogP) is 3.04. The number of aryl methyl sites for hydroxylation is 1. The monoisotopic (exact) mass is 497 g/mol. The van der Waals surface area contributed by atoms with Crippen LogP contribution in [0.15, 0.2) is 78.3 Å². The molecule has 3 aliphatic rings. The Morgan fingerprint density at radius 3 is 2.57 bits per heavy atom. The molecule has 0 radical (unpaired) electrons. The third-order valence-electron chi connectivity index (χ3n) is 6.63. The Morgan fingerprint density at radius 1 is 0.933 bits per heavy atom. The number of rotatable bonds is 4. The van der Waals surface area contributed by atoms with E-state index in [1.165, 1.54) is 26.6 Å². The van der Waals surface area contributed by atoms with Gasteiger partial charge in [0, 0.05) is 45.2 Å². The summed E-state index contributed by atoms with van der Waals surface area (Å²) in [4.78, 5) is 3.95. The first kappa shape index (κ1) is 20.1. The minimum Gasteiger partial charge on any atom is -1.00 e. The molecule has 152 valence electrons. The zero-order valence-corrected chi connectivity index (χ0v) is 19.5. The lowest BCUT2D eigenvalue weighted by atomic mass is 9.57. The van der Waals surface area contributed by atoms with E-state index < -0.39 is 0 Å². The molecule has 0 unspecified atom stereocenters. The average Bonchev–Trinajstić information content (AvgIpc) is 3.47. The van der Waals surface area contributed by atoms with E-state index in [1.807, 2.05) is 22.7 Å². The SMILES string of the molecule is FCCc1ccc([C@]2(c3cccs3)C[C@H]3c4ccccc4[C@@H]2c2cccc[n+]23)s1.[Br-]. The Morgan fingerprint density at radius 2 is 1.77 bits per heavy atom. The molecule has 1 nitrogen and oxygen atoms in total. The summed E-state index contributed by atoms with van der Waals surface area (Å²) in [6.45, 7) is -0.292. The number of alkyl halides is 1. The summed E-state index contributed by atoms with van der Waals surface area (Å²) in [5, 5.41) is 2.19. The van der Waals surface area contributed by atoms with Gasteiger partial charge in [-0.3, -0.25) is 4.39 Å². The zero-order valence-electron chi connectivity index (χ0n) is 16.3. The first-order valence-electron chi connectivity index (χ1n) is 10.1. The van der Waals surface area contributed by atoms with E-state index in [9.17, 15) is 4.39 Å². The van der Waals surface area contributed by atoms with Gasteiger partial charge in [0.25, 0.3) is 0 Å². The molecular weight excluding hydrogens is 477 g/mol. The predicted molar refractivity (Wildman–Crippen MR) is 117 cm³/mol. The van der Waals surface area contributed by atoms with Gasteiger partial charge in [-0.05, 0) is 29.1 Å². The van der Waals surface area contributed by atoms with Gasteiger partial charge in [0.1, 0.15) is 0 Å². The number of hydrogen-bond acceptors (Lipinski definition) is 2. The molecule has 0 amide bonds. The first-order valence-corrected chi connectivity index (χ1v) is 11.8. The molecule has 1 aromatic carbocycles. The molecule has 3 atom stereocenters. The third-order valence-corrected chi connectivity index (χ3v) is 9.00. The van der Waals surface area contributed by atoms with Gasteiger partial charge < -0.3 is 17.0 Å². The van der Waals surface area contributed by atoms with Crippen molar-refractivity contribution in [2.24, 2.45) is 0 Å². The molecule has 30 heavy (non-hydrogen) atoms. The molecule has 4 aromatic rings. The van der Waals surface area contributed by atoms with Gasteiger partial charge in [0.05, 0.1) is 18.0 Å². The van der Waals surface area contributed by atoms with E-state index in [-0.39, 0.29) is 35.0 Å². The van der Waals surface area contributed by atoms with E-state index in [0.717, 1.165) is 11.3 Å². The molecule has 3 aromatic heterocycles. The minimum absolute atomic E-state index is 0. The highest BCUT2D eigenvalue weighted by molar-refractivity contribution is 7.13. The van der Waals surface area contributed by atoms with Crippen LogP contribution >= 0.6 is 22.7 Å². The van der Waals surface area contributed by atoms with Gasteiger partial charge in [-0.25, -0.2) is 0 Å². The maximum Gasteiger partial charge on any atom is 0.190 e. The van der Waals surface area contributed by atoms with Crippen LogP contribution in [0.2, 0.25) is 0 Å². The molecule has 5 heteroatoms. The van der Waals surface area contributed by atoms with Gasteiger partial charge in [-0.2, -0.15) is 4.57 Å². The van der Waals surface area contributed by atoms with Crippen LogP contribution in [0.1, 0.15) is 49.8 Å². The molecule has 7 rings (SSSR count). The lowest BCUT2D eigenvalue weighted by molar-refractivity contribution is -0.732. The molecule has 2 bridgehead atoms. The number of thiophene rings is 2. The van der Waals surface area contributed by atoms with Gasteiger partial charge in [0.15, 0.2) is 17.9 Å². The van der Waals surface area contributed by atoms with Gasteiger partial charge in [-0.15, -0.1) is 22.7 Å². The summed E-state index contributed by atoms with van der Waals surface area (Å²) in [5.41, 5.74) is 4.20. The van der Waals surface area contributed by atoms with Crippen LogP contribution in [0, 0.1) is 0 Å². The third kappa shape index (κ3) is 2.72. The van der Waals surface area contributed by atoms with Crippen molar-refractivity contribution in [1.29, 1.82) is 0 Å². The van der Waals surface area contributed by atoms with Gasteiger partial charge >= 0.3 is 0 Å². The zero-order chi connectivity index (χ0) is 19.4. The van der Waals surface area contributed by atoms with Gasteiger partial charge in [0.2, 0.25) is 0 Å². The van der Waals surface area contributed by atoms with Crippen LogP contribution < -0.4 is 21.5 Å². The second kappa shape index (κ2) is 7.70. The second-order valence-corrected chi connectivity index (χ2v) is 10.1. The fourth-order valence-corrected chi connectivity index (χ4v) is 7.79. The lowest BCUT2D eigenvalue weighted by Crippen LogP contribution is -3.00. The highest BCUT2D eigenvalue weighted by atomic mass is 79.9. The lowest BCUT2D eigenvalue weighted by Gasteiger charge is -2.48. The quantitative estimate of drug-likeness (QED) is 0.381. The van der Waals surface area contributed by atoms with Crippen molar-refractivity contribution in [2.45, 2.75) is 30.2 Å². The fourth-order valence-electron chi connectivity index (χ4n) is 5.52. The summed E-state index contributed by atoms with van der Waals surface area (Å²) in [6.07, 6.45) is 3.80. The summed E-state index contributed by atoms with van der Waals surface area (Å²) >= 11 is 3.67. The van der Waals surface area contributed by atoms with Crippen LogP contribution in [0.5, 0.6) is 0 Å². The second-order valence-electron chi connectivity index (χ2n) is 7.97. The standard InChI is InChI=1S/C25H21FNS2.BrH/c26-13-12-17-10-11-23(29-17)25(22-9-5-15-28-22)16-21-18-6-1-2-7-19(18)24(25)20-8-3-4-14-27(20)21;/h1-11,14-15,21,24H,12-13,16H2;1H/q+1;/p-1/t21-,24+,25+;/m0./s1. The maximum atomic E-state index is 13.0. The van der Waals surface area contributed by atoms with Crippen molar-refractivity contribution in [3.05, 3.63) is 110 Å². The summed E-state index contributed by atoms with van der Waals surface area (Å²) in [7, 11) is 0. The number of pyridine rings is 1. The molecule has 0 saturated heterocycles. The van der Waals surface area contributed by atoms with E-state index in [1.54, 1.807) is 0 Å². The van der Waals surface area contributed by atoms with Crippen molar-refractivity contribution in [2.75, 3.05) is 6.67 Å². The minimum atomic E-state index is -0.292.